The highest BCUT2D eigenvalue weighted by Gasteiger charge is 2.16. The SMILES string of the molecule is CN/C(=C/C=C(\N)N(C)C)C(C)[N+](=O)[O-]. The third-order valence-corrected chi connectivity index (χ3v) is 2.01. The third kappa shape index (κ3) is 4.35. The summed E-state index contributed by atoms with van der Waals surface area (Å²) in [4.78, 5) is 11.9. The van der Waals surface area contributed by atoms with Crippen LogP contribution >= 0.6 is 0 Å². The first kappa shape index (κ1) is 13.3. The van der Waals surface area contributed by atoms with Crippen LogP contribution in [-0.4, -0.2) is 37.0 Å². The van der Waals surface area contributed by atoms with Gasteiger partial charge in [-0.3, -0.25) is 10.1 Å². The van der Waals surface area contributed by atoms with E-state index in [-0.39, 0.29) is 4.92 Å². The van der Waals surface area contributed by atoms with Gasteiger partial charge in [0.05, 0.1) is 11.5 Å². The predicted molar refractivity (Wildman–Crippen MR) is 59.6 cm³/mol. The summed E-state index contributed by atoms with van der Waals surface area (Å²) in [6.07, 6.45) is 3.24. The Bertz CT molecular complexity index is 284. The van der Waals surface area contributed by atoms with E-state index in [1.807, 2.05) is 0 Å². The zero-order valence-electron chi connectivity index (χ0n) is 9.52. The maximum atomic E-state index is 10.5. The molecule has 0 rings (SSSR count). The van der Waals surface area contributed by atoms with Crippen molar-refractivity contribution in [2.45, 2.75) is 13.0 Å². The van der Waals surface area contributed by atoms with Gasteiger partial charge in [-0.25, -0.2) is 0 Å². The Morgan fingerprint density at radius 1 is 1.53 bits per heavy atom. The zero-order chi connectivity index (χ0) is 12.0. The first-order valence-electron chi connectivity index (χ1n) is 4.56. The van der Waals surface area contributed by atoms with Gasteiger partial charge in [-0.1, -0.05) is 0 Å². The summed E-state index contributed by atoms with van der Waals surface area (Å²) in [6, 6.07) is -0.763. The molecule has 1 atom stereocenters. The number of nitrogens with one attached hydrogen (secondary N) is 1. The van der Waals surface area contributed by atoms with Crippen molar-refractivity contribution in [1.82, 2.24) is 10.2 Å². The van der Waals surface area contributed by atoms with E-state index in [1.54, 1.807) is 38.2 Å². The van der Waals surface area contributed by atoms with Gasteiger partial charge in [-0.05, 0) is 12.2 Å². The lowest BCUT2D eigenvalue weighted by atomic mass is 10.2. The van der Waals surface area contributed by atoms with Crippen LogP contribution in [0.15, 0.2) is 23.7 Å². The molecule has 0 aliphatic carbocycles. The molecule has 0 spiro atoms. The Hall–Kier alpha value is -1.72. The highest BCUT2D eigenvalue weighted by Crippen LogP contribution is 2.02. The largest absolute Gasteiger partial charge is 0.386 e. The van der Waals surface area contributed by atoms with Gasteiger partial charge in [0.15, 0.2) is 0 Å². The fourth-order valence-corrected chi connectivity index (χ4v) is 0.869. The van der Waals surface area contributed by atoms with E-state index >= 15 is 0 Å². The van der Waals surface area contributed by atoms with Crippen molar-refractivity contribution in [2.24, 2.45) is 5.73 Å². The Kier molecular flexibility index (Phi) is 5.22. The molecule has 1 unspecified atom stereocenters. The number of hydrogen-bond acceptors (Lipinski definition) is 5. The van der Waals surface area contributed by atoms with Crippen LogP contribution in [-0.2, 0) is 0 Å². The van der Waals surface area contributed by atoms with Crippen molar-refractivity contribution in [3.8, 4) is 0 Å². The monoisotopic (exact) mass is 214 g/mol. The molecule has 0 aromatic carbocycles. The summed E-state index contributed by atoms with van der Waals surface area (Å²) in [7, 11) is 5.25. The molecule has 0 aliphatic rings. The van der Waals surface area contributed by atoms with E-state index in [9.17, 15) is 10.1 Å². The molecule has 0 aromatic heterocycles. The van der Waals surface area contributed by atoms with Gasteiger partial charge in [-0.15, -0.1) is 0 Å². The summed E-state index contributed by atoms with van der Waals surface area (Å²) in [5, 5.41) is 13.3. The van der Waals surface area contributed by atoms with Crippen molar-refractivity contribution >= 4 is 0 Å². The number of hydrogen-bond donors (Lipinski definition) is 2. The Balaban J connectivity index is 4.75. The highest BCUT2D eigenvalue weighted by atomic mass is 16.6. The Labute approximate surface area is 89.6 Å². The molecule has 6 nitrogen and oxygen atoms in total. The van der Waals surface area contributed by atoms with Gasteiger partial charge in [0.25, 0.3) is 0 Å². The molecule has 86 valence electrons. The lowest BCUT2D eigenvalue weighted by Crippen LogP contribution is -2.26. The Morgan fingerprint density at radius 2 is 2.07 bits per heavy atom. The molecular weight excluding hydrogens is 196 g/mol. The van der Waals surface area contributed by atoms with E-state index in [1.165, 1.54) is 6.92 Å². The Morgan fingerprint density at radius 3 is 2.40 bits per heavy atom. The molecule has 0 saturated carbocycles. The second-order valence-electron chi connectivity index (χ2n) is 3.32. The minimum atomic E-state index is -0.763. The van der Waals surface area contributed by atoms with E-state index in [0.29, 0.717) is 11.5 Å². The van der Waals surface area contributed by atoms with Crippen LogP contribution in [0.2, 0.25) is 0 Å². The van der Waals surface area contributed by atoms with Crippen LogP contribution in [0.3, 0.4) is 0 Å². The summed E-state index contributed by atoms with van der Waals surface area (Å²) in [5.41, 5.74) is 6.16. The van der Waals surface area contributed by atoms with Crippen LogP contribution in [0.5, 0.6) is 0 Å². The lowest BCUT2D eigenvalue weighted by molar-refractivity contribution is -0.508. The maximum Gasteiger partial charge on any atom is 0.249 e. The molecule has 15 heavy (non-hydrogen) atoms. The molecule has 0 aromatic rings. The summed E-state index contributed by atoms with van der Waals surface area (Å²) in [5.74, 6) is 0.540. The number of likely N-dealkylation sites (N-methyl/N-ethyl adjacent to an activating group) is 1. The molecule has 6 heteroatoms. The number of nitrogens with zero attached hydrogens (tertiary/aromatic N) is 2. The molecule has 0 bridgehead atoms. The molecule has 0 aliphatic heterocycles. The number of rotatable bonds is 5. The van der Waals surface area contributed by atoms with Crippen LogP contribution in [0.4, 0.5) is 0 Å². The van der Waals surface area contributed by atoms with Gasteiger partial charge in [-0.2, -0.15) is 0 Å². The van der Waals surface area contributed by atoms with Crippen molar-refractivity contribution < 1.29 is 4.92 Å². The molecular formula is C9H18N4O2. The fourth-order valence-electron chi connectivity index (χ4n) is 0.869. The quantitative estimate of drug-likeness (QED) is 0.385. The number of nitro groups is 1. The van der Waals surface area contributed by atoms with Crippen molar-refractivity contribution in [3.05, 3.63) is 33.8 Å². The van der Waals surface area contributed by atoms with Crippen LogP contribution < -0.4 is 11.1 Å². The molecule has 0 amide bonds. The summed E-state index contributed by atoms with van der Waals surface area (Å²) < 4.78 is 0. The summed E-state index contributed by atoms with van der Waals surface area (Å²) >= 11 is 0. The zero-order valence-corrected chi connectivity index (χ0v) is 9.52. The van der Waals surface area contributed by atoms with Crippen LogP contribution in [0, 0.1) is 10.1 Å². The van der Waals surface area contributed by atoms with Gasteiger partial charge < -0.3 is 16.0 Å². The maximum absolute atomic E-state index is 10.5. The molecule has 0 fully saturated rings. The summed E-state index contributed by atoms with van der Waals surface area (Å²) in [6.45, 7) is 1.52. The van der Waals surface area contributed by atoms with E-state index in [0.717, 1.165) is 0 Å². The van der Waals surface area contributed by atoms with Gasteiger partial charge in [0, 0.05) is 33.0 Å². The van der Waals surface area contributed by atoms with E-state index < -0.39 is 6.04 Å². The smallest absolute Gasteiger partial charge is 0.249 e. The highest BCUT2D eigenvalue weighted by molar-refractivity contribution is 5.16. The first-order chi connectivity index (χ1) is 6.90. The average Bonchev–Trinajstić information content (AvgIpc) is 2.17. The molecule has 0 radical (unpaired) electrons. The number of allylic oxidation sites excluding steroid dienone is 2. The van der Waals surface area contributed by atoms with Crippen molar-refractivity contribution in [2.75, 3.05) is 21.1 Å². The van der Waals surface area contributed by atoms with Crippen LogP contribution in [0.25, 0.3) is 0 Å². The fraction of sp³-hybridized carbons (Fsp3) is 0.556. The number of nitrogens with two attached hydrogens (primary N) is 1. The standard InChI is InChI=1S/C9H18N4O2/c1-7(13(14)15)8(11-2)5-6-9(10)12(3)4/h5-7,11H,10H2,1-4H3/b8-5+,9-6+. The molecule has 3 N–H and O–H groups in total. The average molecular weight is 214 g/mol. The second kappa shape index (κ2) is 5.90. The molecule has 0 saturated heterocycles. The van der Waals surface area contributed by atoms with Crippen molar-refractivity contribution in [1.29, 1.82) is 0 Å². The topological polar surface area (TPSA) is 84.4 Å². The minimum Gasteiger partial charge on any atom is -0.386 e. The minimum absolute atomic E-state index is 0.359. The lowest BCUT2D eigenvalue weighted by Gasteiger charge is -2.12. The molecule has 0 heterocycles. The first-order valence-corrected chi connectivity index (χ1v) is 4.56. The van der Waals surface area contributed by atoms with Gasteiger partial charge in [0.1, 0.15) is 0 Å². The third-order valence-electron chi connectivity index (χ3n) is 2.01. The normalized spacial score (nSPS) is 14.7. The second-order valence-corrected chi connectivity index (χ2v) is 3.32. The van der Waals surface area contributed by atoms with E-state index in [2.05, 4.69) is 5.32 Å². The van der Waals surface area contributed by atoms with Gasteiger partial charge in [0.2, 0.25) is 6.04 Å². The predicted octanol–water partition coefficient (Wildman–Crippen LogP) is 0.117. The van der Waals surface area contributed by atoms with Crippen LogP contribution in [0.1, 0.15) is 6.92 Å². The van der Waals surface area contributed by atoms with Gasteiger partial charge >= 0.3 is 0 Å². The van der Waals surface area contributed by atoms with E-state index in [4.69, 9.17) is 5.73 Å². The van der Waals surface area contributed by atoms with Crippen molar-refractivity contribution in [3.63, 3.8) is 0 Å².